The van der Waals surface area contributed by atoms with Gasteiger partial charge in [-0.1, -0.05) is 25.7 Å². The Balaban J connectivity index is 1.94. The van der Waals surface area contributed by atoms with Gasteiger partial charge in [0.25, 0.3) is 5.91 Å². The normalized spacial score (nSPS) is 18.6. The summed E-state index contributed by atoms with van der Waals surface area (Å²) in [4.78, 5) is 25.5. The predicted octanol–water partition coefficient (Wildman–Crippen LogP) is 1.19. The summed E-state index contributed by atoms with van der Waals surface area (Å²) < 4.78 is 0. The molecule has 5 nitrogen and oxygen atoms in total. The lowest BCUT2D eigenvalue weighted by atomic mass is 9.94. The molecular formula is C14H20N2O3. The molecule has 0 saturated heterocycles. The molecule has 1 heterocycles. The number of nitrogens with one attached hydrogen (secondary N) is 2. The van der Waals surface area contributed by atoms with E-state index in [1.807, 2.05) is 0 Å². The zero-order valence-corrected chi connectivity index (χ0v) is 10.9. The second-order valence-corrected chi connectivity index (χ2v) is 5.26. The summed E-state index contributed by atoms with van der Waals surface area (Å²) in [5.74, 6) is -0.316. The molecule has 0 atom stereocenters. The van der Waals surface area contributed by atoms with Crippen molar-refractivity contribution in [2.75, 3.05) is 6.54 Å². The van der Waals surface area contributed by atoms with Gasteiger partial charge in [-0.15, -0.1) is 0 Å². The Morgan fingerprint density at radius 1 is 1.32 bits per heavy atom. The first-order valence-electron chi connectivity index (χ1n) is 6.78. The molecule has 1 saturated carbocycles. The van der Waals surface area contributed by atoms with Crippen LogP contribution in [0.15, 0.2) is 23.1 Å². The summed E-state index contributed by atoms with van der Waals surface area (Å²) in [6.07, 6.45) is 7.17. The fraction of sp³-hybridized carbons (Fsp3) is 0.571. The summed E-state index contributed by atoms with van der Waals surface area (Å²) in [7, 11) is 0. The monoisotopic (exact) mass is 264 g/mol. The number of carbonyl (C=O) groups excluding carboxylic acids is 1. The van der Waals surface area contributed by atoms with Gasteiger partial charge in [0.05, 0.1) is 5.60 Å². The van der Waals surface area contributed by atoms with Gasteiger partial charge in [-0.25, -0.2) is 0 Å². The van der Waals surface area contributed by atoms with Crippen molar-refractivity contribution in [2.24, 2.45) is 0 Å². The molecule has 104 valence electrons. The van der Waals surface area contributed by atoms with Gasteiger partial charge in [-0.05, 0) is 18.9 Å². The highest BCUT2D eigenvalue weighted by Gasteiger charge is 2.28. The zero-order chi connectivity index (χ0) is 13.7. The molecule has 0 aliphatic heterocycles. The molecule has 2 rings (SSSR count). The molecule has 1 aliphatic rings. The SMILES string of the molecule is O=C(NCC1(O)CCCCCC1)c1cc[nH]c(=O)c1. The lowest BCUT2D eigenvalue weighted by molar-refractivity contribution is 0.0246. The van der Waals surface area contributed by atoms with Gasteiger partial charge < -0.3 is 15.4 Å². The molecule has 1 aromatic heterocycles. The first-order chi connectivity index (χ1) is 9.09. The molecule has 1 aromatic rings. The lowest BCUT2D eigenvalue weighted by Crippen LogP contribution is -2.42. The van der Waals surface area contributed by atoms with E-state index >= 15 is 0 Å². The van der Waals surface area contributed by atoms with E-state index in [4.69, 9.17) is 0 Å². The van der Waals surface area contributed by atoms with Crippen LogP contribution in [-0.4, -0.2) is 28.1 Å². The number of aliphatic hydroxyl groups is 1. The zero-order valence-electron chi connectivity index (χ0n) is 10.9. The van der Waals surface area contributed by atoms with E-state index in [0.29, 0.717) is 5.56 Å². The van der Waals surface area contributed by atoms with E-state index in [2.05, 4.69) is 10.3 Å². The quantitative estimate of drug-likeness (QED) is 0.717. The molecule has 1 fully saturated rings. The van der Waals surface area contributed by atoms with Crippen molar-refractivity contribution in [1.29, 1.82) is 0 Å². The number of hydrogen-bond donors (Lipinski definition) is 3. The molecule has 3 N–H and O–H groups in total. The maximum atomic E-state index is 11.9. The number of aromatic nitrogens is 1. The Kier molecular flexibility index (Phi) is 4.37. The Morgan fingerprint density at radius 2 is 2.00 bits per heavy atom. The second-order valence-electron chi connectivity index (χ2n) is 5.26. The minimum atomic E-state index is -0.798. The largest absolute Gasteiger partial charge is 0.388 e. The fourth-order valence-electron chi connectivity index (χ4n) is 2.50. The van der Waals surface area contributed by atoms with Gasteiger partial charge in [0.1, 0.15) is 0 Å². The molecular weight excluding hydrogens is 244 g/mol. The molecule has 0 radical (unpaired) electrons. The smallest absolute Gasteiger partial charge is 0.251 e. The summed E-state index contributed by atoms with van der Waals surface area (Å²) in [6, 6.07) is 2.81. The van der Waals surface area contributed by atoms with Crippen LogP contribution in [-0.2, 0) is 0 Å². The number of amides is 1. The highest BCUT2D eigenvalue weighted by atomic mass is 16.3. The lowest BCUT2D eigenvalue weighted by Gasteiger charge is -2.26. The van der Waals surface area contributed by atoms with Crippen LogP contribution >= 0.6 is 0 Å². The topological polar surface area (TPSA) is 82.2 Å². The Bertz CT molecular complexity index is 487. The molecule has 0 spiro atoms. The average molecular weight is 264 g/mol. The van der Waals surface area contributed by atoms with Gasteiger partial charge >= 0.3 is 0 Å². The van der Waals surface area contributed by atoms with Crippen LogP contribution in [0.25, 0.3) is 0 Å². The van der Waals surface area contributed by atoms with Crippen molar-refractivity contribution in [3.8, 4) is 0 Å². The fourth-order valence-corrected chi connectivity index (χ4v) is 2.50. The van der Waals surface area contributed by atoms with Crippen LogP contribution in [0, 0.1) is 0 Å². The number of carbonyl (C=O) groups is 1. The van der Waals surface area contributed by atoms with Gasteiger partial charge in [-0.2, -0.15) is 0 Å². The minimum absolute atomic E-state index is 0.249. The highest BCUT2D eigenvalue weighted by molar-refractivity contribution is 5.93. The summed E-state index contributed by atoms with van der Waals surface area (Å²) in [5, 5.41) is 13.1. The Labute approximate surface area is 112 Å². The van der Waals surface area contributed by atoms with Crippen molar-refractivity contribution in [2.45, 2.75) is 44.1 Å². The third kappa shape index (κ3) is 3.92. The van der Waals surface area contributed by atoms with Crippen molar-refractivity contribution < 1.29 is 9.90 Å². The molecule has 19 heavy (non-hydrogen) atoms. The van der Waals surface area contributed by atoms with E-state index in [0.717, 1.165) is 38.5 Å². The van der Waals surface area contributed by atoms with E-state index < -0.39 is 5.60 Å². The molecule has 0 bridgehead atoms. The van der Waals surface area contributed by atoms with Crippen molar-refractivity contribution >= 4 is 5.91 Å². The first-order valence-corrected chi connectivity index (χ1v) is 6.78. The van der Waals surface area contributed by atoms with Gasteiger partial charge in [0.2, 0.25) is 5.56 Å². The molecule has 1 amide bonds. The standard InChI is InChI=1S/C14H20N2O3/c17-12-9-11(5-8-15-12)13(18)16-10-14(19)6-3-1-2-4-7-14/h5,8-9,19H,1-4,6-7,10H2,(H,15,17)(H,16,18). The second kappa shape index (κ2) is 6.02. The Morgan fingerprint density at radius 3 is 2.63 bits per heavy atom. The maximum Gasteiger partial charge on any atom is 0.251 e. The van der Waals surface area contributed by atoms with Crippen LogP contribution in [0.2, 0.25) is 0 Å². The van der Waals surface area contributed by atoms with E-state index in [-0.39, 0.29) is 18.0 Å². The van der Waals surface area contributed by atoms with Crippen molar-refractivity contribution in [1.82, 2.24) is 10.3 Å². The third-order valence-electron chi connectivity index (χ3n) is 3.65. The van der Waals surface area contributed by atoms with Crippen molar-refractivity contribution in [3.63, 3.8) is 0 Å². The Hall–Kier alpha value is -1.62. The minimum Gasteiger partial charge on any atom is -0.388 e. The van der Waals surface area contributed by atoms with Crippen LogP contribution < -0.4 is 10.9 Å². The van der Waals surface area contributed by atoms with Crippen LogP contribution in [0.5, 0.6) is 0 Å². The van der Waals surface area contributed by atoms with E-state index in [1.54, 1.807) is 6.07 Å². The number of aromatic amines is 1. The van der Waals surface area contributed by atoms with E-state index in [1.165, 1.54) is 12.3 Å². The van der Waals surface area contributed by atoms with Gasteiger partial charge in [0, 0.05) is 24.4 Å². The third-order valence-corrected chi connectivity index (χ3v) is 3.65. The van der Waals surface area contributed by atoms with Crippen LogP contribution in [0.1, 0.15) is 48.9 Å². The van der Waals surface area contributed by atoms with Gasteiger partial charge in [-0.3, -0.25) is 9.59 Å². The summed E-state index contributed by atoms with van der Waals surface area (Å²) in [6.45, 7) is 0.249. The number of pyridine rings is 1. The van der Waals surface area contributed by atoms with Gasteiger partial charge in [0.15, 0.2) is 0 Å². The molecule has 1 aliphatic carbocycles. The summed E-state index contributed by atoms with van der Waals surface area (Å²) in [5.41, 5.74) is -0.783. The summed E-state index contributed by atoms with van der Waals surface area (Å²) >= 11 is 0. The van der Waals surface area contributed by atoms with Crippen molar-refractivity contribution in [3.05, 3.63) is 34.2 Å². The van der Waals surface area contributed by atoms with Crippen LogP contribution in [0.3, 0.4) is 0 Å². The molecule has 0 unspecified atom stereocenters. The van der Waals surface area contributed by atoms with E-state index in [9.17, 15) is 14.7 Å². The number of H-pyrrole nitrogens is 1. The first kappa shape index (κ1) is 13.8. The number of rotatable bonds is 3. The molecule has 5 heteroatoms. The van der Waals surface area contributed by atoms with Crippen LogP contribution in [0.4, 0.5) is 0 Å². The number of hydrogen-bond acceptors (Lipinski definition) is 3. The highest BCUT2D eigenvalue weighted by Crippen LogP contribution is 2.26. The predicted molar refractivity (Wildman–Crippen MR) is 72.0 cm³/mol. The average Bonchev–Trinajstić information content (AvgIpc) is 2.61. The maximum absolute atomic E-state index is 11.9. The molecule has 0 aromatic carbocycles.